The largest absolute Gasteiger partial charge is 0.393 e. The molecule has 1 aromatic carbocycles. The van der Waals surface area contributed by atoms with Crippen molar-refractivity contribution in [2.45, 2.75) is 44.4 Å². The van der Waals surface area contributed by atoms with Gasteiger partial charge in [0.25, 0.3) is 5.56 Å². The van der Waals surface area contributed by atoms with E-state index in [1.54, 1.807) is 36.9 Å². The Balaban J connectivity index is 1.76. The lowest BCUT2D eigenvalue weighted by Crippen LogP contribution is -2.39. The zero-order valence-electron chi connectivity index (χ0n) is 16.7. The minimum absolute atomic E-state index is 0.0692. The van der Waals surface area contributed by atoms with Crippen molar-refractivity contribution >= 4 is 40.3 Å². The summed E-state index contributed by atoms with van der Waals surface area (Å²) >= 11 is 12.0. The van der Waals surface area contributed by atoms with Crippen molar-refractivity contribution in [3.05, 3.63) is 54.6 Å². The molecule has 2 atom stereocenters. The third kappa shape index (κ3) is 3.75. The Labute approximate surface area is 182 Å². The highest BCUT2D eigenvalue weighted by atomic mass is 35.5. The Morgan fingerprint density at radius 1 is 1.17 bits per heavy atom. The molecule has 1 aliphatic carbocycles. The highest BCUT2D eigenvalue weighted by molar-refractivity contribution is 6.42. The Kier molecular flexibility index (Phi) is 5.65. The molecule has 0 amide bonds. The first-order valence-electron chi connectivity index (χ1n) is 9.81. The molecule has 8 nitrogen and oxygen atoms in total. The smallest absolute Gasteiger partial charge is 0.332 e. The van der Waals surface area contributed by atoms with Gasteiger partial charge in [-0.1, -0.05) is 29.3 Å². The van der Waals surface area contributed by atoms with Gasteiger partial charge in [-0.3, -0.25) is 13.9 Å². The zero-order valence-corrected chi connectivity index (χ0v) is 18.2. The second kappa shape index (κ2) is 8.09. The lowest BCUT2D eigenvalue weighted by molar-refractivity contribution is 0.124. The monoisotopic (exact) mass is 451 g/mol. The van der Waals surface area contributed by atoms with Crippen molar-refractivity contribution in [3.63, 3.8) is 0 Å². The van der Waals surface area contributed by atoms with Crippen molar-refractivity contribution in [3.8, 4) is 0 Å². The molecule has 0 radical (unpaired) electrons. The molecule has 160 valence electrons. The molecule has 4 rings (SSSR count). The maximum absolute atomic E-state index is 13.2. The van der Waals surface area contributed by atoms with Gasteiger partial charge in [0.05, 0.1) is 22.7 Å². The summed E-state index contributed by atoms with van der Waals surface area (Å²) in [7, 11) is 3.34. The summed E-state index contributed by atoms with van der Waals surface area (Å²) in [5.41, 5.74) is 0.453. The van der Waals surface area contributed by atoms with Gasteiger partial charge in [-0.25, -0.2) is 4.79 Å². The van der Waals surface area contributed by atoms with E-state index in [0.29, 0.717) is 39.1 Å². The number of aliphatic hydroxyl groups excluding tert-OH is 1. The van der Waals surface area contributed by atoms with Crippen LogP contribution in [0.5, 0.6) is 0 Å². The maximum Gasteiger partial charge on any atom is 0.332 e. The van der Waals surface area contributed by atoms with Crippen LogP contribution in [0, 0.1) is 0 Å². The van der Waals surface area contributed by atoms with Crippen molar-refractivity contribution < 1.29 is 5.11 Å². The van der Waals surface area contributed by atoms with Crippen LogP contribution in [0.15, 0.2) is 27.8 Å². The van der Waals surface area contributed by atoms with Gasteiger partial charge in [0.15, 0.2) is 11.2 Å². The molecule has 10 heteroatoms. The average Bonchev–Trinajstić information content (AvgIpc) is 3.03. The molecule has 0 spiro atoms. The maximum atomic E-state index is 13.2. The number of nitrogens with one attached hydrogen (secondary N) is 1. The first-order chi connectivity index (χ1) is 14.3. The van der Waals surface area contributed by atoms with Crippen molar-refractivity contribution in [1.82, 2.24) is 18.7 Å². The second-order valence-electron chi connectivity index (χ2n) is 7.81. The average molecular weight is 452 g/mol. The van der Waals surface area contributed by atoms with Crippen molar-refractivity contribution in [1.29, 1.82) is 0 Å². The minimum Gasteiger partial charge on any atom is -0.393 e. The van der Waals surface area contributed by atoms with Gasteiger partial charge in [-0.15, -0.1) is 0 Å². The van der Waals surface area contributed by atoms with E-state index in [0.717, 1.165) is 23.8 Å². The van der Waals surface area contributed by atoms with Crippen LogP contribution in [0.2, 0.25) is 10.0 Å². The summed E-state index contributed by atoms with van der Waals surface area (Å²) in [5.74, 6) is 0.503. The van der Waals surface area contributed by atoms with Crippen LogP contribution < -0.4 is 16.6 Å². The Morgan fingerprint density at radius 3 is 2.63 bits per heavy atom. The van der Waals surface area contributed by atoms with Gasteiger partial charge in [0.1, 0.15) is 0 Å². The van der Waals surface area contributed by atoms with Gasteiger partial charge in [-0.05, 0) is 43.4 Å². The number of aliphatic hydroxyl groups is 1. The minimum atomic E-state index is -0.462. The quantitative estimate of drug-likeness (QED) is 0.635. The first-order valence-corrected chi connectivity index (χ1v) is 10.6. The number of halogens is 2. The molecule has 2 heterocycles. The van der Waals surface area contributed by atoms with Crippen LogP contribution >= 0.6 is 23.2 Å². The molecule has 0 unspecified atom stereocenters. The highest BCUT2D eigenvalue weighted by Crippen LogP contribution is 2.24. The Hall–Kier alpha value is -2.29. The molecule has 2 N–H and O–H groups in total. The molecule has 0 aliphatic heterocycles. The lowest BCUT2D eigenvalue weighted by atomic mass is 9.93. The van der Waals surface area contributed by atoms with E-state index >= 15 is 0 Å². The number of anilines is 1. The van der Waals surface area contributed by atoms with Gasteiger partial charge in [-0.2, -0.15) is 4.98 Å². The second-order valence-corrected chi connectivity index (χ2v) is 8.62. The normalized spacial score (nSPS) is 19.4. The summed E-state index contributed by atoms with van der Waals surface area (Å²) < 4.78 is 4.20. The van der Waals surface area contributed by atoms with Gasteiger partial charge in [0, 0.05) is 20.1 Å². The van der Waals surface area contributed by atoms with Crippen LogP contribution in [0.1, 0.15) is 31.2 Å². The number of benzene rings is 1. The topological polar surface area (TPSA) is 94.1 Å². The molecule has 1 fully saturated rings. The van der Waals surface area contributed by atoms with E-state index in [-0.39, 0.29) is 18.7 Å². The molecule has 3 aromatic rings. The standard InChI is InChI=1S/C20H23Cl2N5O3/c1-25-16-17(24-19(25)23-12-4-3-5-13(28)9-12)26(2)20(30)27(18(16)29)10-11-6-7-14(21)15(22)8-11/h6-8,12-13,28H,3-5,9-10H2,1-2H3,(H,23,24)/t12-,13-/m0/s1. The molecule has 0 saturated heterocycles. The highest BCUT2D eigenvalue weighted by Gasteiger charge is 2.24. The molecule has 2 aromatic heterocycles. The number of rotatable bonds is 4. The number of fused-ring (bicyclic) bond motifs is 1. The fourth-order valence-electron chi connectivity index (χ4n) is 4.01. The fourth-order valence-corrected chi connectivity index (χ4v) is 4.33. The van der Waals surface area contributed by atoms with Gasteiger partial charge in [0.2, 0.25) is 5.95 Å². The number of aromatic nitrogens is 4. The third-order valence-corrected chi connectivity index (χ3v) is 6.40. The van der Waals surface area contributed by atoms with E-state index in [4.69, 9.17) is 23.2 Å². The predicted octanol–water partition coefficient (Wildman–Crippen LogP) is 2.50. The van der Waals surface area contributed by atoms with E-state index in [1.807, 2.05) is 0 Å². The molecule has 0 bridgehead atoms. The summed E-state index contributed by atoms with van der Waals surface area (Å²) in [6, 6.07) is 5.08. The van der Waals surface area contributed by atoms with E-state index < -0.39 is 11.2 Å². The third-order valence-electron chi connectivity index (χ3n) is 5.66. The van der Waals surface area contributed by atoms with Crippen LogP contribution in [0.4, 0.5) is 5.95 Å². The van der Waals surface area contributed by atoms with E-state index in [2.05, 4.69) is 10.3 Å². The Morgan fingerprint density at radius 2 is 1.93 bits per heavy atom. The summed E-state index contributed by atoms with van der Waals surface area (Å²) in [5, 5.41) is 14.0. The number of imidazole rings is 1. The van der Waals surface area contributed by atoms with Crippen LogP contribution in [0.25, 0.3) is 11.2 Å². The van der Waals surface area contributed by atoms with Crippen LogP contribution in [-0.4, -0.2) is 35.9 Å². The summed E-state index contributed by atoms with van der Waals surface area (Å²) in [6.45, 7) is 0.0705. The van der Waals surface area contributed by atoms with Crippen molar-refractivity contribution in [2.24, 2.45) is 14.1 Å². The number of aryl methyl sites for hydroxylation is 2. The van der Waals surface area contributed by atoms with Crippen molar-refractivity contribution in [2.75, 3.05) is 5.32 Å². The molecule has 30 heavy (non-hydrogen) atoms. The lowest BCUT2D eigenvalue weighted by Gasteiger charge is -2.26. The molecule has 1 saturated carbocycles. The number of hydrogen-bond acceptors (Lipinski definition) is 5. The SMILES string of the molecule is Cn1c(N[C@H]2CCC[C@H](O)C2)nc2c1c(=O)n(Cc1ccc(Cl)c(Cl)c1)c(=O)n2C. The van der Waals surface area contributed by atoms with Crippen LogP contribution in [-0.2, 0) is 20.6 Å². The zero-order chi connectivity index (χ0) is 21.6. The number of nitrogens with zero attached hydrogens (tertiary/aromatic N) is 4. The molecule has 1 aliphatic rings. The first kappa shape index (κ1) is 21.0. The summed E-state index contributed by atoms with van der Waals surface area (Å²) in [6.07, 6.45) is 2.94. The Bertz CT molecular complexity index is 1230. The summed E-state index contributed by atoms with van der Waals surface area (Å²) in [4.78, 5) is 30.6. The fraction of sp³-hybridized carbons (Fsp3) is 0.450. The van der Waals surface area contributed by atoms with Gasteiger partial charge >= 0.3 is 5.69 Å². The molecular weight excluding hydrogens is 429 g/mol. The van der Waals surface area contributed by atoms with Crippen LogP contribution in [0.3, 0.4) is 0 Å². The molecular formula is C20H23Cl2N5O3. The predicted molar refractivity (Wildman–Crippen MR) is 118 cm³/mol. The van der Waals surface area contributed by atoms with E-state index in [9.17, 15) is 14.7 Å². The van der Waals surface area contributed by atoms with Gasteiger partial charge < -0.3 is 15.0 Å². The number of hydrogen-bond donors (Lipinski definition) is 2. The van der Waals surface area contributed by atoms with E-state index in [1.165, 1.54) is 4.57 Å².